The first-order valence-corrected chi connectivity index (χ1v) is 5.97. The molecule has 1 aromatic heterocycles. The van der Waals surface area contributed by atoms with Crippen molar-refractivity contribution in [2.75, 3.05) is 0 Å². The summed E-state index contributed by atoms with van der Waals surface area (Å²) in [6.07, 6.45) is 0.532. The summed E-state index contributed by atoms with van der Waals surface area (Å²) in [6, 6.07) is 0.673. The lowest BCUT2D eigenvalue weighted by Gasteiger charge is -2.26. The van der Waals surface area contributed by atoms with Crippen molar-refractivity contribution in [1.29, 1.82) is 0 Å². The molecule has 18 heavy (non-hydrogen) atoms. The fraction of sp³-hybridized carbons (Fsp3) is 0.583. The third-order valence-corrected chi connectivity index (χ3v) is 3.79. The summed E-state index contributed by atoms with van der Waals surface area (Å²) in [6.45, 7) is 3.86. The van der Waals surface area contributed by atoms with Gasteiger partial charge in [-0.3, -0.25) is 14.9 Å². The number of amides is 1. The van der Waals surface area contributed by atoms with Gasteiger partial charge >= 0.3 is 0 Å². The highest BCUT2D eigenvalue weighted by molar-refractivity contribution is 5.77. The molecule has 1 N–H and O–H groups in total. The van der Waals surface area contributed by atoms with Crippen molar-refractivity contribution in [2.45, 2.75) is 38.8 Å². The van der Waals surface area contributed by atoms with Crippen molar-refractivity contribution in [3.8, 4) is 0 Å². The minimum Gasteiger partial charge on any atom is -0.352 e. The highest BCUT2D eigenvalue weighted by Gasteiger charge is 2.39. The quantitative estimate of drug-likeness (QED) is 0.634. The Morgan fingerprint density at radius 2 is 2.17 bits per heavy atom. The molecule has 1 aliphatic heterocycles. The summed E-state index contributed by atoms with van der Waals surface area (Å²) in [4.78, 5) is 22.3. The van der Waals surface area contributed by atoms with Gasteiger partial charge in [0.2, 0.25) is 11.9 Å². The Balaban J connectivity index is 2.41. The van der Waals surface area contributed by atoms with E-state index in [2.05, 4.69) is 5.32 Å². The van der Waals surface area contributed by atoms with Gasteiger partial charge in [0, 0.05) is 41.8 Å². The molecule has 0 saturated carbocycles. The molecule has 2 atom stereocenters. The van der Waals surface area contributed by atoms with Crippen LogP contribution in [0.3, 0.4) is 0 Å². The van der Waals surface area contributed by atoms with Crippen LogP contribution in [0.4, 0.5) is 0 Å². The van der Waals surface area contributed by atoms with E-state index in [1.807, 2.05) is 31.5 Å². The van der Waals surface area contributed by atoms with Gasteiger partial charge in [-0.1, -0.05) is 0 Å². The van der Waals surface area contributed by atoms with Crippen LogP contribution in [0.25, 0.3) is 0 Å². The van der Waals surface area contributed by atoms with E-state index in [9.17, 15) is 14.9 Å². The van der Waals surface area contributed by atoms with E-state index in [0.717, 1.165) is 17.0 Å². The first-order chi connectivity index (χ1) is 8.41. The summed E-state index contributed by atoms with van der Waals surface area (Å²) in [5.41, 5.74) is 2.85. The van der Waals surface area contributed by atoms with Gasteiger partial charge in [0.25, 0.3) is 0 Å². The Morgan fingerprint density at radius 1 is 1.50 bits per heavy atom. The largest absolute Gasteiger partial charge is 0.352 e. The van der Waals surface area contributed by atoms with Crippen molar-refractivity contribution in [2.24, 2.45) is 7.05 Å². The SMILES string of the molecule is Cc1cc([C@H]2NC(=O)CC[C@@H]2[N+](=O)[O-])c(C)n1C. The molecule has 0 aromatic carbocycles. The van der Waals surface area contributed by atoms with Crippen molar-refractivity contribution >= 4 is 5.91 Å². The van der Waals surface area contributed by atoms with Crippen LogP contribution in [0.1, 0.15) is 35.8 Å². The zero-order chi connectivity index (χ0) is 13.4. The minimum absolute atomic E-state index is 0.112. The van der Waals surface area contributed by atoms with E-state index < -0.39 is 12.1 Å². The van der Waals surface area contributed by atoms with Crippen LogP contribution in [-0.2, 0) is 11.8 Å². The number of aryl methyl sites for hydroxylation is 1. The average Bonchev–Trinajstić information content (AvgIpc) is 2.56. The first-order valence-electron chi connectivity index (χ1n) is 5.97. The predicted molar refractivity (Wildman–Crippen MR) is 65.8 cm³/mol. The molecule has 0 unspecified atom stereocenters. The van der Waals surface area contributed by atoms with Gasteiger partial charge in [0.05, 0.1) is 0 Å². The lowest BCUT2D eigenvalue weighted by Crippen LogP contribution is -2.45. The molecule has 0 bridgehead atoms. The molecule has 1 aromatic rings. The lowest BCUT2D eigenvalue weighted by atomic mass is 9.92. The van der Waals surface area contributed by atoms with E-state index in [-0.39, 0.29) is 17.3 Å². The molecule has 1 aliphatic rings. The van der Waals surface area contributed by atoms with E-state index in [4.69, 9.17) is 0 Å². The van der Waals surface area contributed by atoms with Crippen LogP contribution in [0, 0.1) is 24.0 Å². The van der Waals surface area contributed by atoms with Crippen molar-refractivity contribution in [1.82, 2.24) is 9.88 Å². The summed E-state index contributed by atoms with van der Waals surface area (Å²) < 4.78 is 1.98. The molecular formula is C12H17N3O3. The maximum atomic E-state index is 11.5. The van der Waals surface area contributed by atoms with Crippen LogP contribution in [0.2, 0.25) is 0 Å². The van der Waals surface area contributed by atoms with Crippen LogP contribution < -0.4 is 5.32 Å². The lowest BCUT2D eigenvalue weighted by molar-refractivity contribution is -0.529. The second-order valence-corrected chi connectivity index (χ2v) is 4.82. The highest BCUT2D eigenvalue weighted by atomic mass is 16.6. The number of rotatable bonds is 2. The number of aromatic nitrogens is 1. The van der Waals surface area contributed by atoms with Crippen LogP contribution in [0.15, 0.2) is 6.07 Å². The number of carbonyl (C=O) groups excluding carboxylic acids is 1. The Labute approximate surface area is 105 Å². The zero-order valence-corrected chi connectivity index (χ0v) is 10.8. The Hall–Kier alpha value is -1.85. The zero-order valence-electron chi connectivity index (χ0n) is 10.8. The number of hydrogen-bond donors (Lipinski definition) is 1. The second-order valence-electron chi connectivity index (χ2n) is 4.82. The summed E-state index contributed by atoms with van der Waals surface area (Å²) >= 11 is 0. The normalized spacial score (nSPS) is 23.8. The number of carbonyl (C=O) groups is 1. The molecule has 2 heterocycles. The molecule has 0 spiro atoms. The topological polar surface area (TPSA) is 77.2 Å². The molecule has 2 rings (SSSR count). The van der Waals surface area contributed by atoms with Crippen molar-refractivity contribution in [3.63, 3.8) is 0 Å². The van der Waals surface area contributed by atoms with E-state index in [0.29, 0.717) is 6.42 Å². The molecule has 1 amide bonds. The highest BCUT2D eigenvalue weighted by Crippen LogP contribution is 2.29. The molecular weight excluding hydrogens is 234 g/mol. The molecule has 6 heteroatoms. The van der Waals surface area contributed by atoms with Crippen LogP contribution in [-0.4, -0.2) is 21.4 Å². The number of hydrogen-bond acceptors (Lipinski definition) is 3. The third-order valence-electron chi connectivity index (χ3n) is 3.79. The average molecular weight is 251 g/mol. The second kappa shape index (κ2) is 4.44. The minimum atomic E-state index is -0.733. The Bertz CT molecular complexity index is 507. The molecule has 0 aliphatic carbocycles. The monoisotopic (exact) mass is 251 g/mol. The Kier molecular flexibility index (Phi) is 3.11. The van der Waals surface area contributed by atoms with E-state index >= 15 is 0 Å². The molecule has 98 valence electrons. The summed E-state index contributed by atoms with van der Waals surface area (Å²) in [7, 11) is 1.92. The number of nitrogens with one attached hydrogen (secondary N) is 1. The fourth-order valence-electron chi connectivity index (χ4n) is 2.50. The maximum absolute atomic E-state index is 11.5. The van der Waals surface area contributed by atoms with Gasteiger partial charge in [-0.25, -0.2) is 0 Å². The van der Waals surface area contributed by atoms with E-state index in [1.54, 1.807) is 0 Å². The molecule has 1 fully saturated rings. The van der Waals surface area contributed by atoms with Gasteiger partial charge in [-0.05, 0) is 19.9 Å². The van der Waals surface area contributed by atoms with Gasteiger partial charge in [-0.15, -0.1) is 0 Å². The number of nitro groups is 1. The third kappa shape index (κ3) is 1.98. The molecule has 1 saturated heterocycles. The summed E-state index contributed by atoms with van der Waals surface area (Å²) in [5.74, 6) is -0.112. The smallest absolute Gasteiger partial charge is 0.237 e. The Morgan fingerprint density at radius 3 is 2.67 bits per heavy atom. The molecule has 0 radical (unpaired) electrons. The standard InChI is InChI=1S/C12H17N3O3/c1-7-6-9(8(2)14(7)3)12-10(15(17)18)4-5-11(16)13-12/h6,10,12H,4-5H2,1-3H3,(H,13,16)/t10-,12+/m0/s1. The number of piperidine rings is 1. The first kappa shape index (κ1) is 12.6. The van der Waals surface area contributed by atoms with Gasteiger partial charge in [-0.2, -0.15) is 0 Å². The maximum Gasteiger partial charge on any atom is 0.237 e. The van der Waals surface area contributed by atoms with Crippen LogP contribution >= 0.6 is 0 Å². The van der Waals surface area contributed by atoms with E-state index in [1.165, 1.54) is 0 Å². The summed E-state index contributed by atoms with van der Waals surface area (Å²) in [5, 5.41) is 13.8. The number of nitrogens with zero attached hydrogens (tertiary/aromatic N) is 2. The predicted octanol–water partition coefficient (Wildman–Crippen LogP) is 1.24. The fourth-order valence-corrected chi connectivity index (χ4v) is 2.50. The van der Waals surface area contributed by atoms with Crippen molar-refractivity contribution < 1.29 is 9.72 Å². The van der Waals surface area contributed by atoms with Crippen molar-refractivity contribution in [3.05, 3.63) is 33.1 Å². The van der Waals surface area contributed by atoms with Gasteiger partial charge in [0.1, 0.15) is 6.04 Å². The van der Waals surface area contributed by atoms with Gasteiger partial charge < -0.3 is 9.88 Å². The molecule has 6 nitrogen and oxygen atoms in total. The van der Waals surface area contributed by atoms with Gasteiger partial charge in [0.15, 0.2) is 0 Å². The van der Waals surface area contributed by atoms with Crippen LogP contribution in [0.5, 0.6) is 0 Å².